The summed E-state index contributed by atoms with van der Waals surface area (Å²) in [6.07, 6.45) is 2.05. The Kier molecular flexibility index (Phi) is 6.62. The van der Waals surface area contributed by atoms with Gasteiger partial charge < -0.3 is 14.6 Å². The van der Waals surface area contributed by atoms with Crippen LogP contribution in [-0.4, -0.2) is 36.2 Å². The van der Waals surface area contributed by atoms with E-state index in [9.17, 15) is 9.18 Å². The van der Waals surface area contributed by atoms with Crippen LogP contribution in [0.2, 0.25) is 0 Å². The Morgan fingerprint density at radius 2 is 2.13 bits per heavy atom. The highest BCUT2D eigenvalue weighted by Crippen LogP contribution is 2.29. The van der Waals surface area contributed by atoms with Crippen molar-refractivity contribution in [2.24, 2.45) is 0 Å². The molecule has 0 saturated carbocycles. The second kappa shape index (κ2) is 9.75. The molecule has 0 bridgehead atoms. The topological polar surface area (TPSA) is 67.6 Å². The third-order valence-electron chi connectivity index (χ3n) is 5.60. The molecule has 7 heteroatoms. The van der Waals surface area contributed by atoms with Crippen molar-refractivity contribution in [1.29, 1.82) is 0 Å². The number of methoxy groups -OCH3 is 1. The number of nitrogens with zero attached hydrogens (tertiary/aromatic N) is 2. The van der Waals surface area contributed by atoms with E-state index in [1.165, 1.54) is 12.1 Å². The average Bonchev–Trinajstić information content (AvgIpc) is 3.29. The van der Waals surface area contributed by atoms with E-state index in [0.717, 1.165) is 49.5 Å². The van der Waals surface area contributed by atoms with E-state index < -0.39 is 0 Å². The number of amides is 1. The van der Waals surface area contributed by atoms with Gasteiger partial charge in [0.25, 0.3) is 5.91 Å². The number of halogens is 1. The number of rotatable bonds is 7. The first-order valence-corrected chi connectivity index (χ1v) is 10.5. The minimum Gasteiger partial charge on any atom is -0.496 e. The zero-order chi connectivity index (χ0) is 21.6. The van der Waals surface area contributed by atoms with Crippen molar-refractivity contribution in [2.75, 3.05) is 20.2 Å². The number of ether oxygens (including phenoxy) is 1. The summed E-state index contributed by atoms with van der Waals surface area (Å²) in [4.78, 5) is 14.8. The Hall–Kier alpha value is -3.19. The number of piperidine rings is 1. The number of para-hydroxylation sites is 1. The van der Waals surface area contributed by atoms with Crippen molar-refractivity contribution < 1.29 is 18.4 Å². The van der Waals surface area contributed by atoms with Gasteiger partial charge in [-0.05, 0) is 43.1 Å². The molecule has 1 aliphatic rings. The van der Waals surface area contributed by atoms with Gasteiger partial charge in [0.15, 0.2) is 0 Å². The molecule has 1 saturated heterocycles. The molecule has 2 aromatic carbocycles. The number of likely N-dealkylation sites (tertiary alicyclic amines) is 1. The van der Waals surface area contributed by atoms with Crippen LogP contribution in [0.4, 0.5) is 4.39 Å². The fourth-order valence-corrected chi connectivity index (χ4v) is 4.02. The van der Waals surface area contributed by atoms with Crippen LogP contribution in [0, 0.1) is 5.82 Å². The predicted molar refractivity (Wildman–Crippen MR) is 114 cm³/mol. The summed E-state index contributed by atoms with van der Waals surface area (Å²) in [7, 11) is 1.69. The molecule has 1 aromatic heterocycles. The lowest BCUT2D eigenvalue weighted by Gasteiger charge is -2.32. The summed E-state index contributed by atoms with van der Waals surface area (Å²) in [6.45, 7) is 2.88. The summed E-state index contributed by atoms with van der Waals surface area (Å²) in [5, 5.41) is 6.91. The molecule has 1 unspecified atom stereocenters. The van der Waals surface area contributed by atoms with E-state index in [-0.39, 0.29) is 29.9 Å². The zero-order valence-electron chi connectivity index (χ0n) is 17.5. The molecule has 162 valence electrons. The summed E-state index contributed by atoms with van der Waals surface area (Å²) in [5.74, 6) is 0.585. The predicted octanol–water partition coefficient (Wildman–Crippen LogP) is 4.13. The van der Waals surface area contributed by atoms with E-state index in [2.05, 4.69) is 21.4 Å². The Morgan fingerprint density at radius 3 is 2.97 bits per heavy atom. The van der Waals surface area contributed by atoms with Crippen LogP contribution in [-0.2, 0) is 13.1 Å². The van der Waals surface area contributed by atoms with Gasteiger partial charge in [0.1, 0.15) is 11.6 Å². The molecule has 0 spiro atoms. The lowest BCUT2D eigenvalue weighted by atomic mass is 9.94. The maximum atomic E-state index is 13.3. The highest BCUT2D eigenvalue weighted by Gasteiger charge is 2.26. The van der Waals surface area contributed by atoms with Gasteiger partial charge >= 0.3 is 0 Å². The summed E-state index contributed by atoms with van der Waals surface area (Å²) >= 11 is 0. The molecule has 2 heterocycles. The summed E-state index contributed by atoms with van der Waals surface area (Å²) in [5.41, 5.74) is 2.64. The lowest BCUT2D eigenvalue weighted by molar-refractivity contribution is 0.0913. The molecule has 1 aliphatic heterocycles. The number of carbonyl (C=O) groups excluding carboxylic acids is 1. The third kappa shape index (κ3) is 5.30. The largest absolute Gasteiger partial charge is 0.496 e. The van der Waals surface area contributed by atoms with E-state index in [0.29, 0.717) is 5.56 Å². The molecule has 1 fully saturated rings. The van der Waals surface area contributed by atoms with E-state index >= 15 is 0 Å². The van der Waals surface area contributed by atoms with Crippen LogP contribution in [0.25, 0.3) is 0 Å². The van der Waals surface area contributed by atoms with Crippen LogP contribution < -0.4 is 10.1 Å². The SMILES string of the molecule is COc1ccccc1CN1CCCC(c2cc(C(=O)NCc3cccc(F)c3)on2)C1. The number of carbonyl (C=O) groups is 1. The molecular formula is C24H26FN3O3. The Bertz CT molecular complexity index is 1040. The summed E-state index contributed by atoms with van der Waals surface area (Å²) in [6, 6.07) is 15.9. The molecule has 3 aromatic rings. The monoisotopic (exact) mass is 423 g/mol. The number of hydrogen-bond acceptors (Lipinski definition) is 5. The molecule has 0 aliphatic carbocycles. The standard InChI is InChI=1S/C24H26FN3O3/c1-30-22-10-3-2-7-19(22)16-28-11-5-8-18(15-28)21-13-23(31-27-21)24(29)26-14-17-6-4-9-20(25)12-17/h2-4,6-7,9-10,12-13,18H,5,8,11,14-16H2,1H3,(H,26,29). The second-order valence-electron chi connectivity index (χ2n) is 7.81. The number of hydrogen-bond donors (Lipinski definition) is 1. The molecule has 31 heavy (non-hydrogen) atoms. The van der Waals surface area contributed by atoms with Crippen molar-refractivity contribution in [3.63, 3.8) is 0 Å². The normalized spacial score (nSPS) is 16.8. The Morgan fingerprint density at radius 1 is 1.26 bits per heavy atom. The fourth-order valence-electron chi connectivity index (χ4n) is 4.02. The third-order valence-corrected chi connectivity index (χ3v) is 5.60. The number of benzene rings is 2. The minimum absolute atomic E-state index is 0.174. The lowest BCUT2D eigenvalue weighted by Crippen LogP contribution is -2.34. The molecule has 6 nitrogen and oxygen atoms in total. The number of nitrogens with one attached hydrogen (secondary N) is 1. The summed E-state index contributed by atoms with van der Waals surface area (Å²) < 4.78 is 24.1. The smallest absolute Gasteiger partial charge is 0.290 e. The quantitative estimate of drug-likeness (QED) is 0.619. The number of aromatic nitrogens is 1. The molecular weight excluding hydrogens is 397 g/mol. The van der Waals surface area contributed by atoms with Gasteiger partial charge in [0.2, 0.25) is 5.76 Å². The van der Waals surface area contributed by atoms with Gasteiger partial charge in [-0.3, -0.25) is 9.69 Å². The van der Waals surface area contributed by atoms with Gasteiger partial charge in [-0.15, -0.1) is 0 Å². The first-order valence-electron chi connectivity index (χ1n) is 10.5. The van der Waals surface area contributed by atoms with Gasteiger partial charge in [-0.2, -0.15) is 0 Å². The van der Waals surface area contributed by atoms with Crippen LogP contribution in [0.3, 0.4) is 0 Å². The van der Waals surface area contributed by atoms with Crippen LogP contribution in [0.1, 0.15) is 46.1 Å². The first-order chi connectivity index (χ1) is 15.1. The minimum atomic E-state index is -0.357. The average molecular weight is 423 g/mol. The van der Waals surface area contributed by atoms with Crippen LogP contribution in [0.5, 0.6) is 5.75 Å². The first kappa shape index (κ1) is 21.1. The molecule has 1 amide bonds. The molecule has 1 atom stereocenters. The highest BCUT2D eigenvalue weighted by molar-refractivity contribution is 5.91. The molecule has 0 radical (unpaired) electrons. The van der Waals surface area contributed by atoms with Gasteiger partial charge in [-0.25, -0.2) is 4.39 Å². The van der Waals surface area contributed by atoms with Gasteiger partial charge in [0.05, 0.1) is 12.8 Å². The van der Waals surface area contributed by atoms with E-state index in [1.807, 2.05) is 18.2 Å². The van der Waals surface area contributed by atoms with Crippen LogP contribution in [0.15, 0.2) is 59.1 Å². The van der Waals surface area contributed by atoms with Crippen molar-refractivity contribution in [1.82, 2.24) is 15.4 Å². The van der Waals surface area contributed by atoms with Gasteiger partial charge in [0, 0.05) is 37.2 Å². The maximum Gasteiger partial charge on any atom is 0.290 e. The maximum absolute atomic E-state index is 13.3. The van der Waals surface area contributed by atoms with Crippen molar-refractivity contribution in [2.45, 2.75) is 31.8 Å². The van der Waals surface area contributed by atoms with Crippen LogP contribution >= 0.6 is 0 Å². The van der Waals surface area contributed by atoms with Crippen molar-refractivity contribution >= 4 is 5.91 Å². The second-order valence-corrected chi connectivity index (χ2v) is 7.81. The highest BCUT2D eigenvalue weighted by atomic mass is 19.1. The van der Waals surface area contributed by atoms with E-state index in [4.69, 9.17) is 9.26 Å². The molecule has 1 N–H and O–H groups in total. The molecule has 4 rings (SSSR count). The Labute approximate surface area is 181 Å². The van der Waals surface area contributed by atoms with Crippen molar-refractivity contribution in [3.8, 4) is 5.75 Å². The fraction of sp³-hybridized carbons (Fsp3) is 0.333. The Balaban J connectivity index is 1.36. The van der Waals surface area contributed by atoms with Crippen molar-refractivity contribution in [3.05, 3.63) is 83.0 Å². The zero-order valence-corrected chi connectivity index (χ0v) is 17.5. The van der Waals surface area contributed by atoms with Gasteiger partial charge in [-0.1, -0.05) is 35.5 Å². The van der Waals surface area contributed by atoms with E-state index in [1.54, 1.807) is 25.3 Å².